The van der Waals surface area contributed by atoms with Crippen molar-refractivity contribution >= 4 is 0 Å². The minimum atomic E-state index is 0.568. The highest BCUT2D eigenvalue weighted by Crippen LogP contribution is 2.40. The molecule has 0 aliphatic rings. The number of aryl methyl sites for hydroxylation is 1. The van der Waals surface area contributed by atoms with Crippen LogP contribution in [0, 0.1) is 5.41 Å². The van der Waals surface area contributed by atoms with Gasteiger partial charge in [-0.1, -0.05) is 175 Å². The Bertz CT molecular complexity index is 556. The first-order valence-electron chi connectivity index (χ1n) is 17.7. The van der Waals surface area contributed by atoms with Gasteiger partial charge in [0.1, 0.15) is 6.54 Å². The fourth-order valence-corrected chi connectivity index (χ4v) is 6.42. The standard InChI is InChI=1S/C37H70N/c1-4-7-10-12-14-16-18-20-22-26-31-37(30-25-9-6-3,33-36-38-34-28-24-29-35-38)32-27-23-21-19-17-15-13-11-8-5-2/h24,28-29,34-35H,4-23,25-27,30-33,36H2,1-3H3/q+1. The molecule has 0 amide bonds. The molecule has 0 spiro atoms. The van der Waals surface area contributed by atoms with E-state index in [1.54, 1.807) is 0 Å². The van der Waals surface area contributed by atoms with Gasteiger partial charge in [0, 0.05) is 18.6 Å². The molecule has 38 heavy (non-hydrogen) atoms. The summed E-state index contributed by atoms with van der Waals surface area (Å²) >= 11 is 0. The van der Waals surface area contributed by atoms with E-state index in [1.165, 1.54) is 180 Å². The van der Waals surface area contributed by atoms with E-state index >= 15 is 0 Å². The summed E-state index contributed by atoms with van der Waals surface area (Å²) in [6.07, 6.45) is 43.5. The Morgan fingerprint density at radius 3 is 1.08 bits per heavy atom. The Labute approximate surface area is 241 Å². The van der Waals surface area contributed by atoms with Crippen molar-refractivity contribution in [3.8, 4) is 0 Å². The number of rotatable bonds is 29. The number of pyridine rings is 1. The largest absolute Gasteiger partial charge is 0.205 e. The van der Waals surface area contributed by atoms with Gasteiger partial charge in [-0.3, -0.25) is 0 Å². The summed E-state index contributed by atoms with van der Waals surface area (Å²) in [4.78, 5) is 0. The van der Waals surface area contributed by atoms with E-state index in [1.807, 2.05) is 0 Å². The maximum Gasteiger partial charge on any atom is 0.168 e. The summed E-state index contributed by atoms with van der Waals surface area (Å²) in [6, 6.07) is 6.55. The normalized spacial score (nSPS) is 11.9. The third-order valence-electron chi connectivity index (χ3n) is 9.11. The molecule has 1 aromatic heterocycles. The molecule has 0 fully saturated rings. The summed E-state index contributed by atoms with van der Waals surface area (Å²) in [5, 5.41) is 0. The zero-order chi connectivity index (χ0) is 27.4. The van der Waals surface area contributed by atoms with Gasteiger partial charge in [-0.2, -0.15) is 0 Å². The lowest BCUT2D eigenvalue weighted by Gasteiger charge is -2.34. The second-order valence-corrected chi connectivity index (χ2v) is 12.7. The Kier molecular flexibility index (Phi) is 24.4. The summed E-state index contributed by atoms with van der Waals surface area (Å²) in [5.74, 6) is 0. The summed E-state index contributed by atoms with van der Waals surface area (Å²) in [6.45, 7) is 8.20. The van der Waals surface area contributed by atoms with E-state index in [0.29, 0.717) is 5.41 Å². The predicted octanol–water partition coefficient (Wildman–Crippen LogP) is 12.6. The van der Waals surface area contributed by atoms with Crippen molar-refractivity contribution in [1.29, 1.82) is 0 Å². The van der Waals surface area contributed by atoms with Crippen LogP contribution in [0.25, 0.3) is 0 Å². The van der Waals surface area contributed by atoms with Crippen LogP contribution in [-0.4, -0.2) is 0 Å². The molecular weight excluding hydrogens is 458 g/mol. The molecule has 1 nitrogen and oxygen atoms in total. The Hall–Kier alpha value is -0.850. The van der Waals surface area contributed by atoms with E-state index in [-0.39, 0.29) is 0 Å². The molecule has 1 rings (SSSR count). The van der Waals surface area contributed by atoms with Crippen LogP contribution in [0.1, 0.15) is 194 Å². The van der Waals surface area contributed by atoms with Crippen molar-refractivity contribution in [2.75, 3.05) is 0 Å². The highest BCUT2D eigenvalue weighted by atomic mass is 14.9. The number of hydrogen-bond donors (Lipinski definition) is 0. The highest BCUT2D eigenvalue weighted by molar-refractivity contribution is 4.84. The Morgan fingerprint density at radius 2 is 0.684 bits per heavy atom. The van der Waals surface area contributed by atoms with Crippen molar-refractivity contribution in [3.05, 3.63) is 30.6 Å². The van der Waals surface area contributed by atoms with Crippen molar-refractivity contribution in [1.82, 2.24) is 0 Å². The molecule has 0 atom stereocenters. The third-order valence-corrected chi connectivity index (χ3v) is 9.11. The predicted molar refractivity (Wildman–Crippen MR) is 171 cm³/mol. The average Bonchev–Trinajstić information content (AvgIpc) is 2.94. The quantitative estimate of drug-likeness (QED) is 0.0719. The van der Waals surface area contributed by atoms with Gasteiger partial charge in [-0.25, -0.2) is 4.57 Å². The summed E-state index contributed by atoms with van der Waals surface area (Å²) in [7, 11) is 0. The maximum absolute atomic E-state index is 2.44. The molecular formula is C37H70N+. The summed E-state index contributed by atoms with van der Waals surface area (Å²) in [5.41, 5.74) is 0.568. The van der Waals surface area contributed by atoms with E-state index in [4.69, 9.17) is 0 Å². The van der Waals surface area contributed by atoms with Crippen LogP contribution in [0.2, 0.25) is 0 Å². The fraction of sp³-hybridized carbons (Fsp3) is 0.865. The minimum absolute atomic E-state index is 0.568. The minimum Gasteiger partial charge on any atom is -0.205 e. The maximum atomic E-state index is 2.44. The molecule has 0 radical (unpaired) electrons. The van der Waals surface area contributed by atoms with Crippen molar-refractivity contribution in [3.63, 3.8) is 0 Å². The number of aromatic nitrogens is 1. The van der Waals surface area contributed by atoms with Gasteiger partial charge in [0.25, 0.3) is 0 Å². The van der Waals surface area contributed by atoms with Gasteiger partial charge in [0.05, 0.1) is 0 Å². The van der Waals surface area contributed by atoms with Crippen molar-refractivity contribution < 1.29 is 4.57 Å². The lowest BCUT2D eigenvalue weighted by Crippen LogP contribution is -2.36. The monoisotopic (exact) mass is 529 g/mol. The van der Waals surface area contributed by atoms with Crippen LogP contribution in [0.3, 0.4) is 0 Å². The topological polar surface area (TPSA) is 3.88 Å². The number of hydrogen-bond acceptors (Lipinski definition) is 0. The zero-order valence-electron chi connectivity index (χ0n) is 26.6. The lowest BCUT2D eigenvalue weighted by atomic mass is 9.71. The molecule has 0 aromatic carbocycles. The molecule has 0 N–H and O–H groups in total. The first kappa shape index (κ1) is 35.2. The molecule has 0 aliphatic carbocycles. The number of unbranched alkanes of at least 4 members (excludes halogenated alkanes) is 20. The Morgan fingerprint density at radius 1 is 0.368 bits per heavy atom. The van der Waals surface area contributed by atoms with Crippen LogP contribution < -0.4 is 4.57 Å². The average molecular weight is 529 g/mol. The molecule has 222 valence electrons. The lowest BCUT2D eigenvalue weighted by molar-refractivity contribution is -0.699. The second kappa shape index (κ2) is 26.4. The second-order valence-electron chi connectivity index (χ2n) is 12.7. The van der Waals surface area contributed by atoms with Gasteiger partial charge in [-0.05, 0) is 24.7 Å². The SMILES string of the molecule is CCCCCCCCCCCCC(CCCCC)(CCCCCCCCCCCC)CC[n+]1ccccc1. The highest BCUT2D eigenvalue weighted by Gasteiger charge is 2.30. The van der Waals surface area contributed by atoms with Crippen LogP contribution in [0.5, 0.6) is 0 Å². The number of nitrogens with zero attached hydrogens (tertiary/aromatic N) is 1. The van der Waals surface area contributed by atoms with Gasteiger partial charge in [-0.15, -0.1) is 0 Å². The van der Waals surface area contributed by atoms with Gasteiger partial charge < -0.3 is 0 Å². The van der Waals surface area contributed by atoms with Crippen molar-refractivity contribution in [2.24, 2.45) is 5.41 Å². The van der Waals surface area contributed by atoms with Crippen LogP contribution in [0.4, 0.5) is 0 Å². The molecule has 1 heterocycles. The molecule has 1 aromatic rings. The third kappa shape index (κ3) is 20.1. The van der Waals surface area contributed by atoms with Gasteiger partial charge in [0.15, 0.2) is 12.4 Å². The van der Waals surface area contributed by atoms with E-state index in [2.05, 4.69) is 55.9 Å². The molecule has 0 unspecified atom stereocenters. The fourth-order valence-electron chi connectivity index (χ4n) is 6.42. The molecule has 0 saturated carbocycles. The first-order chi connectivity index (χ1) is 18.8. The van der Waals surface area contributed by atoms with E-state index in [0.717, 1.165) is 0 Å². The van der Waals surface area contributed by atoms with Gasteiger partial charge in [0.2, 0.25) is 0 Å². The molecule has 0 saturated heterocycles. The molecule has 0 aliphatic heterocycles. The smallest absolute Gasteiger partial charge is 0.168 e. The molecule has 1 heteroatoms. The van der Waals surface area contributed by atoms with Crippen molar-refractivity contribution in [2.45, 2.75) is 201 Å². The van der Waals surface area contributed by atoms with Crippen LogP contribution >= 0.6 is 0 Å². The van der Waals surface area contributed by atoms with Crippen LogP contribution in [-0.2, 0) is 6.54 Å². The molecule has 0 bridgehead atoms. The van der Waals surface area contributed by atoms with Crippen LogP contribution in [0.15, 0.2) is 30.6 Å². The van der Waals surface area contributed by atoms with Gasteiger partial charge >= 0.3 is 0 Å². The zero-order valence-corrected chi connectivity index (χ0v) is 26.6. The summed E-state index contributed by atoms with van der Waals surface area (Å²) < 4.78 is 2.44. The Balaban J connectivity index is 2.50. The van der Waals surface area contributed by atoms with E-state index < -0.39 is 0 Å². The first-order valence-corrected chi connectivity index (χ1v) is 17.7. The van der Waals surface area contributed by atoms with E-state index in [9.17, 15) is 0 Å².